The lowest BCUT2D eigenvalue weighted by atomic mass is 9.85. The number of unbranched alkanes of at least 4 members (excludes halogenated alkanes) is 1. The van der Waals surface area contributed by atoms with Gasteiger partial charge in [0.2, 0.25) is 5.91 Å². The Hall–Kier alpha value is -0.910. The number of carbonyl (C=O) groups is 1. The van der Waals surface area contributed by atoms with Crippen LogP contribution in [0, 0.1) is 5.92 Å². The Morgan fingerprint density at radius 1 is 1.13 bits per heavy atom. The van der Waals surface area contributed by atoms with Crippen LogP contribution in [-0.4, -0.2) is 49.6 Å². The highest BCUT2D eigenvalue weighted by Gasteiger charge is 2.31. The average molecular weight is 341 g/mol. The van der Waals surface area contributed by atoms with E-state index in [0.717, 1.165) is 51.0 Å². The third-order valence-corrected chi connectivity index (χ3v) is 5.30. The van der Waals surface area contributed by atoms with E-state index >= 15 is 0 Å². The second-order valence-electron chi connectivity index (χ2n) is 6.69. The molecule has 2 aliphatic rings. The monoisotopic (exact) mass is 340 g/mol. The average Bonchev–Trinajstić information content (AvgIpc) is 3.37. The summed E-state index contributed by atoms with van der Waals surface area (Å²) in [5.74, 6) is 2.52. The first-order chi connectivity index (χ1) is 11.2. The number of amides is 1. The molecule has 2 atom stereocenters. The lowest BCUT2D eigenvalue weighted by Gasteiger charge is -2.30. The number of hydrogen-bond donors (Lipinski definition) is 3. The summed E-state index contributed by atoms with van der Waals surface area (Å²) in [6.45, 7) is 0.957. The lowest BCUT2D eigenvalue weighted by Crippen LogP contribution is -2.47. The minimum Gasteiger partial charge on any atom is -0.356 e. The predicted octanol–water partition coefficient (Wildman–Crippen LogP) is 2.13. The van der Waals surface area contributed by atoms with Gasteiger partial charge in [-0.25, -0.2) is 0 Å². The highest BCUT2D eigenvalue weighted by molar-refractivity contribution is 7.98. The summed E-state index contributed by atoms with van der Waals surface area (Å²) < 4.78 is 0. The molecule has 0 aromatic carbocycles. The molecule has 132 valence electrons. The van der Waals surface area contributed by atoms with Gasteiger partial charge in [-0.15, -0.1) is 0 Å². The van der Waals surface area contributed by atoms with E-state index in [-0.39, 0.29) is 11.8 Å². The number of hydrogen-bond acceptors (Lipinski definition) is 3. The normalized spacial score (nSPS) is 25.0. The van der Waals surface area contributed by atoms with E-state index in [4.69, 9.17) is 0 Å². The maximum atomic E-state index is 12.2. The molecule has 3 N–H and O–H groups in total. The SMILES string of the molecule is CN=C(NCCCCSC)NC1CCCC(C(=O)NC2CC2)C1. The fourth-order valence-corrected chi connectivity index (χ4v) is 3.56. The number of thioether (sulfide) groups is 1. The number of nitrogens with one attached hydrogen (secondary N) is 3. The van der Waals surface area contributed by atoms with E-state index in [1.807, 2.05) is 18.8 Å². The molecular weight excluding hydrogens is 308 g/mol. The van der Waals surface area contributed by atoms with E-state index in [2.05, 4.69) is 27.2 Å². The molecule has 0 spiro atoms. The van der Waals surface area contributed by atoms with Gasteiger partial charge in [-0.05, 0) is 57.0 Å². The van der Waals surface area contributed by atoms with E-state index in [9.17, 15) is 4.79 Å². The van der Waals surface area contributed by atoms with E-state index in [1.54, 1.807) is 0 Å². The van der Waals surface area contributed by atoms with Crippen LogP contribution >= 0.6 is 11.8 Å². The maximum absolute atomic E-state index is 12.2. The molecule has 0 aliphatic heterocycles. The number of carbonyl (C=O) groups excluding carboxylic acids is 1. The number of rotatable bonds is 8. The van der Waals surface area contributed by atoms with Crippen LogP contribution in [0.2, 0.25) is 0 Å². The van der Waals surface area contributed by atoms with Crippen molar-refractivity contribution in [3.63, 3.8) is 0 Å². The van der Waals surface area contributed by atoms with Crippen molar-refractivity contribution in [2.75, 3.05) is 25.6 Å². The second-order valence-corrected chi connectivity index (χ2v) is 7.67. The predicted molar refractivity (Wildman–Crippen MR) is 99.0 cm³/mol. The van der Waals surface area contributed by atoms with Crippen molar-refractivity contribution in [1.82, 2.24) is 16.0 Å². The molecule has 2 unspecified atom stereocenters. The van der Waals surface area contributed by atoms with Crippen molar-refractivity contribution in [3.8, 4) is 0 Å². The van der Waals surface area contributed by atoms with Gasteiger partial charge in [-0.2, -0.15) is 11.8 Å². The second kappa shape index (κ2) is 10.1. The number of aliphatic imine (C=N–C) groups is 1. The molecule has 5 nitrogen and oxygen atoms in total. The van der Waals surface area contributed by atoms with Gasteiger partial charge in [-0.1, -0.05) is 6.42 Å². The number of nitrogens with zero attached hydrogens (tertiary/aromatic N) is 1. The maximum Gasteiger partial charge on any atom is 0.223 e. The molecule has 0 radical (unpaired) electrons. The van der Waals surface area contributed by atoms with Crippen LogP contribution in [-0.2, 0) is 4.79 Å². The van der Waals surface area contributed by atoms with Crippen molar-refractivity contribution >= 4 is 23.6 Å². The Bertz CT molecular complexity index is 398. The van der Waals surface area contributed by atoms with Gasteiger partial charge in [0.15, 0.2) is 5.96 Å². The molecule has 0 heterocycles. The smallest absolute Gasteiger partial charge is 0.223 e. The summed E-state index contributed by atoms with van der Waals surface area (Å²) in [7, 11) is 1.82. The first-order valence-corrected chi connectivity index (χ1v) is 10.4. The van der Waals surface area contributed by atoms with Crippen LogP contribution < -0.4 is 16.0 Å². The summed E-state index contributed by atoms with van der Waals surface area (Å²) in [5.41, 5.74) is 0. The molecule has 0 aromatic heterocycles. The van der Waals surface area contributed by atoms with Crippen molar-refractivity contribution in [2.45, 2.75) is 63.5 Å². The Morgan fingerprint density at radius 2 is 1.96 bits per heavy atom. The quantitative estimate of drug-likeness (QED) is 0.360. The molecular formula is C17H32N4OS. The fourth-order valence-electron chi connectivity index (χ4n) is 3.07. The lowest BCUT2D eigenvalue weighted by molar-refractivity contribution is -0.126. The highest BCUT2D eigenvalue weighted by atomic mass is 32.2. The molecule has 0 aromatic rings. The minimum atomic E-state index is 0.168. The van der Waals surface area contributed by atoms with E-state index in [0.29, 0.717) is 12.1 Å². The van der Waals surface area contributed by atoms with Gasteiger partial charge in [0.05, 0.1) is 0 Å². The van der Waals surface area contributed by atoms with Crippen molar-refractivity contribution in [1.29, 1.82) is 0 Å². The molecule has 1 amide bonds. The van der Waals surface area contributed by atoms with Crippen LogP contribution in [0.25, 0.3) is 0 Å². The standard InChI is InChI=1S/C17H32N4OS/c1-18-17(19-10-3-4-11-23-2)21-15-7-5-6-13(12-15)16(22)20-14-8-9-14/h13-15H,3-12H2,1-2H3,(H,20,22)(H2,18,19,21). The molecule has 0 saturated heterocycles. The first kappa shape index (κ1) is 18.4. The van der Waals surface area contributed by atoms with Gasteiger partial charge in [-0.3, -0.25) is 9.79 Å². The summed E-state index contributed by atoms with van der Waals surface area (Å²) in [6, 6.07) is 0.822. The summed E-state index contributed by atoms with van der Waals surface area (Å²) in [6.07, 6.45) is 11.1. The van der Waals surface area contributed by atoms with Crippen LogP contribution in [0.1, 0.15) is 51.4 Å². The molecule has 0 bridgehead atoms. The molecule has 23 heavy (non-hydrogen) atoms. The third-order valence-electron chi connectivity index (χ3n) is 4.60. The first-order valence-electron chi connectivity index (χ1n) is 8.99. The zero-order valence-corrected chi connectivity index (χ0v) is 15.4. The molecule has 2 rings (SSSR count). The third kappa shape index (κ3) is 7.02. The van der Waals surface area contributed by atoms with Crippen molar-refractivity contribution in [3.05, 3.63) is 0 Å². The molecule has 2 saturated carbocycles. The zero-order valence-electron chi connectivity index (χ0n) is 14.6. The fraction of sp³-hybridized carbons (Fsp3) is 0.882. The topological polar surface area (TPSA) is 65.5 Å². The van der Waals surface area contributed by atoms with Crippen LogP contribution in [0.4, 0.5) is 0 Å². The summed E-state index contributed by atoms with van der Waals surface area (Å²) >= 11 is 1.89. The molecule has 2 aliphatic carbocycles. The minimum absolute atomic E-state index is 0.168. The van der Waals surface area contributed by atoms with Crippen molar-refractivity contribution < 1.29 is 4.79 Å². The highest BCUT2D eigenvalue weighted by Crippen LogP contribution is 2.26. The van der Waals surface area contributed by atoms with E-state index < -0.39 is 0 Å². The van der Waals surface area contributed by atoms with Crippen LogP contribution in [0.3, 0.4) is 0 Å². The van der Waals surface area contributed by atoms with Crippen LogP contribution in [0.15, 0.2) is 4.99 Å². The molecule has 2 fully saturated rings. The van der Waals surface area contributed by atoms with Gasteiger partial charge in [0.1, 0.15) is 0 Å². The Labute approximate surface area is 144 Å². The van der Waals surface area contributed by atoms with E-state index in [1.165, 1.54) is 18.6 Å². The van der Waals surface area contributed by atoms with Gasteiger partial charge < -0.3 is 16.0 Å². The van der Waals surface area contributed by atoms with Gasteiger partial charge >= 0.3 is 0 Å². The Kier molecular flexibility index (Phi) is 8.06. The van der Waals surface area contributed by atoms with Gasteiger partial charge in [0, 0.05) is 31.6 Å². The summed E-state index contributed by atoms with van der Waals surface area (Å²) in [5, 5.41) is 10.0. The Balaban J connectivity index is 1.68. The summed E-state index contributed by atoms with van der Waals surface area (Å²) in [4.78, 5) is 16.6. The Morgan fingerprint density at radius 3 is 2.65 bits per heavy atom. The largest absolute Gasteiger partial charge is 0.356 e. The molecule has 6 heteroatoms. The van der Waals surface area contributed by atoms with Gasteiger partial charge in [0.25, 0.3) is 0 Å². The number of guanidine groups is 1. The van der Waals surface area contributed by atoms with Crippen LogP contribution in [0.5, 0.6) is 0 Å². The zero-order chi connectivity index (χ0) is 16.5. The van der Waals surface area contributed by atoms with Crippen molar-refractivity contribution in [2.24, 2.45) is 10.9 Å².